The highest BCUT2D eigenvalue weighted by Gasteiger charge is 2.07. The molecule has 0 aliphatic carbocycles. The van der Waals surface area contributed by atoms with Crippen LogP contribution < -0.4 is 15.4 Å². The summed E-state index contributed by atoms with van der Waals surface area (Å²) in [4.78, 5) is 11.9. The Bertz CT molecular complexity index is 658. The van der Waals surface area contributed by atoms with Crippen molar-refractivity contribution in [3.8, 4) is 5.75 Å². The molecule has 22 heavy (non-hydrogen) atoms. The number of rotatable bonds is 4. The molecule has 0 atom stereocenters. The van der Waals surface area contributed by atoms with Crippen LogP contribution in [0.2, 0.25) is 10.0 Å². The SMILES string of the molecule is CC(C)Oc1ccc(NC(=O)Nc2ccc(Cl)cc2Cl)cc1. The van der Waals surface area contributed by atoms with Gasteiger partial charge in [0, 0.05) is 10.7 Å². The zero-order valence-corrected chi connectivity index (χ0v) is 13.7. The van der Waals surface area contributed by atoms with E-state index in [1.807, 2.05) is 13.8 Å². The Hall–Kier alpha value is -1.91. The van der Waals surface area contributed by atoms with Gasteiger partial charge in [-0.15, -0.1) is 0 Å². The predicted molar refractivity (Wildman–Crippen MR) is 91.3 cm³/mol. The molecule has 0 aliphatic rings. The molecule has 2 N–H and O–H groups in total. The van der Waals surface area contributed by atoms with Crippen molar-refractivity contribution in [3.05, 3.63) is 52.5 Å². The van der Waals surface area contributed by atoms with Crippen molar-refractivity contribution in [1.29, 1.82) is 0 Å². The van der Waals surface area contributed by atoms with Gasteiger partial charge in [0.1, 0.15) is 5.75 Å². The summed E-state index contributed by atoms with van der Waals surface area (Å²) in [6.45, 7) is 3.91. The fourth-order valence-corrected chi connectivity index (χ4v) is 2.22. The topological polar surface area (TPSA) is 50.4 Å². The number of amides is 2. The molecule has 0 spiro atoms. The van der Waals surface area contributed by atoms with Crippen LogP contribution in [0.3, 0.4) is 0 Å². The molecule has 2 amide bonds. The fourth-order valence-electron chi connectivity index (χ4n) is 1.76. The minimum Gasteiger partial charge on any atom is -0.491 e. The van der Waals surface area contributed by atoms with Gasteiger partial charge in [-0.3, -0.25) is 0 Å². The van der Waals surface area contributed by atoms with Gasteiger partial charge in [0.15, 0.2) is 0 Å². The maximum absolute atomic E-state index is 11.9. The van der Waals surface area contributed by atoms with Crippen molar-refractivity contribution in [2.45, 2.75) is 20.0 Å². The summed E-state index contributed by atoms with van der Waals surface area (Å²) in [7, 11) is 0. The summed E-state index contributed by atoms with van der Waals surface area (Å²) < 4.78 is 5.54. The van der Waals surface area contributed by atoms with Crippen molar-refractivity contribution in [1.82, 2.24) is 0 Å². The third-order valence-electron chi connectivity index (χ3n) is 2.66. The summed E-state index contributed by atoms with van der Waals surface area (Å²) in [5, 5.41) is 6.27. The Morgan fingerprint density at radius 2 is 1.73 bits per heavy atom. The molecule has 0 heterocycles. The fraction of sp³-hybridized carbons (Fsp3) is 0.188. The molecule has 0 bridgehead atoms. The van der Waals surface area contributed by atoms with E-state index in [4.69, 9.17) is 27.9 Å². The molecule has 2 aromatic rings. The summed E-state index contributed by atoms with van der Waals surface area (Å²) in [5.41, 5.74) is 1.14. The lowest BCUT2D eigenvalue weighted by molar-refractivity contribution is 0.242. The third kappa shape index (κ3) is 4.83. The molecule has 2 rings (SSSR count). The highest BCUT2D eigenvalue weighted by molar-refractivity contribution is 6.36. The quantitative estimate of drug-likeness (QED) is 0.781. The molecule has 0 saturated heterocycles. The van der Waals surface area contributed by atoms with Crippen molar-refractivity contribution >= 4 is 40.6 Å². The zero-order chi connectivity index (χ0) is 16.1. The number of nitrogens with one attached hydrogen (secondary N) is 2. The van der Waals surface area contributed by atoms with Crippen LogP contribution in [-0.2, 0) is 0 Å². The Balaban J connectivity index is 1.97. The van der Waals surface area contributed by atoms with E-state index in [0.717, 1.165) is 5.75 Å². The molecule has 4 nitrogen and oxygen atoms in total. The second-order valence-electron chi connectivity index (χ2n) is 4.89. The number of urea groups is 1. The molecule has 0 unspecified atom stereocenters. The van der Waals surface area contributed by atoms with E-state index in [2.05, 4.69) is 10.6 Å². The molecule has 2 aromatic carbocycles. The average molecular weight is 339 g/mol. The number of anilines is 2. The van der Waals surface area contributed by atoms with Gasteiger partial charge in [-0.2, -0.15) is 0 Å². The maximum atomic E-state index is 11.9. The molecule has 0 aromatic heterocycles. The number of halogens is 2. The number of carbonyl (C=O) groups is 1. The van der Waals surface area contributed by atoms with Gasteiger partial charge in [0.25, 0.3) is 0 Å². The van der Waals surface area contributed by atoms with Crippen LogP contribution >= 0.6 is 23.2 Å². The van der Waals surface area contributed by atoms with E-state index in [1.54, 1.807) is 42.5 Å². The second-order valence-corrected chi connectivity index (χ2v) is 5.74. The Kier molecular flexibility index (Phi) is 5.52. The number of benzene rings is 2. The van der Waals surface area contributed by atoms with Crippen molar-refractivity contribution in [3.63, 3.8) is 0 Å². The summed E-state index contributed by atoms with van der Waals surface area (Å²) in [6, 6.07) is 11.6. The van der Waals surface area contributed by atoms with Crippen molar-refractivity contribution in [2.75, 3.05) is 10.6 Å². The van der Waals surface area contributed by atoms with Gasteiger partial charge in [-0.1, -0.05) is 23.2 Å². The van der Waals surface area contributed by atoms with Gasteiger partial charge < -0.3 is 15.4 Å². The van der Waals surface area contributed by atoms with Crippen molar-refractivity contribution in [2.24, 2.45) is 0 Å². The number of carbonyl (C=O) groups excluding carboxylic acids is 1. The van der Waals surface area contributed by atoms with Crippen LogP contribution in [0.4, 0.5) is 16.2 Å². The van der Waals surface area contributed by atoms with Crippen LogP contribution in [0.5, 0.6) is 5.75 Å². The Morgan fingerprint density at radius 1 is 1.05 bits per heavy atom. The Labute approximate surface area is 139 Å². The second kappa shape index (κ2) is 7.38. The summed E-state index contributed by atoms with van der Waals surface area (Å²) >= 11 is 11.8. The summed E-state index contributed by atoms with van der Waals surface area (Å²) in [6.07, 6.45) is 0.106. The standard InChI is InChI=1S/C16H16Cl2N2O2/c1-10(2)22-13-6-4-12(5-7-13)19-16(21)20-15-8-3-11(17)9-14(15)18/h3-10H,1-2H3,(H2,19,20,21). The van der Waals surface area contributed by atoms with Crippen molar-refractivity contribution < 1.29 is 9.53 Å². The van der Waals surface area contributed by atoms with Gasteiger partial charge in [0.05, 0.1) is 16.8 Å². The van der Waals surface area contributed by atoms with Crippen LogP contribution in [0, 0.1) is 0 Å². The van der Waals surface area contributed by atoms with Gasteiger partial charge in [0.2, 0.25) is 0 Å². The van der Waals surface area contributed by atoms with E-state index in [-0.39, 0.29) is 12.1 Å². The largest absolute Gasteiger partial charge is 0.491 e. The molecule has 0 fully saturated rings. The van der Waals surface area contributed by atoms with Gasteiger partial charge in [-0.05, 0) is 56.3 Å². The van der Waals surface area contributed by atoms with Gasteiger partial charge >= 0.3 is 6.03 Å². The lowest BCUT2D eigenvalue weighted by Gasteiger charge is -2.11. The molecular formula is C16H16Cl2N2O2. The minimum atomic E-state index is -0.387. The molecule has 116 valence electrons. The van der Waals surface area contributed by atoms with Crippen LogP contribution in [0.25, 0.3) is 0 Å². The minimum absolute atomic E-state index is 0.106. The van der Waals surface area contributed by atoms with Gasteiger partial charge in [-0.25, -0.2) is 4.79 Å². The van der Waals surface area contributed by atoms with E-state index >= 15 is 0 Å². The first-order valence-corrected chi connectivity index (χ1v) is 7.49. The van der Waals surface area contributed by atoms with E-state index in [1.165, 1.54) is 0 Å². The first-order chi connectivity index (χ1) is 10.4. The van der Waals surface area contributed by atoms with E-state index in [0.29, 0.717) is 21.4 Å². The lowest BCUT2D eigenvalue weighted by atomic mass is 10.3. The molecular weight excluding hydrogens is 323 g/mol. The highest BCUT2D eigenvalue weighted by Crippen LogP contribution is 2.25. The molecule has 0 saturated carbocycles. The average Bonchev–Trinajstić information content (AvgIpc) is 2.43. The van der Waals surface area contributed by atoms with Crippen LogP contribution in [0.15, 0.2) is 42.5 Å². The Morgan fingerprint density at radius 3 is 2.32 bits per heavy atom. The monoisotopic (exact) mass is 338 g/mol. The number of ether oxygens (including phenoxy) is 1. The van der Waals surface area contributed by atoms with Crippen LogP contribution in [0.1, 0.15) is 13.8 Å². The maximum Gasteiger partial charge on any atom is 0.323 e. The van der Waals surface area contributed by atoms with E-state index < -0.39 is 0 Å². The highest BCUT2D eigenvalue weighted by atomic mass is 35.5. The molecule has 0 radical (unpaired) electrons. The number of hydrogen-bond acceptors (Lipinski definition) is 2. The first-order valence-electron chi connectivity index (χ1n) is 6.74. The van der Waals surface area contributed by atoms with Crippen LogP contribution in [-0.4, -0.2) is 12.1 Å². The molecule has 0 aliphatic heterocycles. The third-order valence-corrected chi connectivity index (χ3v) is 3.21. The number of hydrogen-bond donors (Lipinski definition) is 2. The summed E-state index contributed by atoms with van der Waals surface area (Å²) in [5.74, 6) is 0.752. The predicted octanol–water partition coefficient (Wildman–Crippen LogP) is 5.42. The normalized spacial score (nSPS) is 10.4. The smallest absolute Gasteiger partial charge is 0.323 e. The lowest BCUT2D eigenvalue weighted by Crippen LogP contribution is -2.19. The first kappa shape index (κ1) is 16.5. The zero-order valence-electron chi connectivity index (χ0n) is 12.2. The van der Waals surface area contributed by atoms with E-state index in [9.17, 15) is 4.79 Å². The molecule has 6 heteroatoms.